The summed E-state index contributed by atoms with van der Waals surface area (Å²) >= 11 is 0. The molecule has 0 aliphatic rings. The third kappa shape index (κ3) is 4.86. The van der Waals surface area contributed by atoms with Gasteiger partial charge in [-0.25, -0.2) is 0 Å². The van der Waals surface area contributed by atoms with Gasteiger partial charge in [0.2, 0.25) is 10.6 Å². The van der Waals surface area contributed by atoms with Gasteiger partial charge >= 0.3 is 20.5 Å². The van der Waals surface area contributed by atoms with Crippen molar-refractivity contribution in [2.45, 2.75) is 12.7 Å². The summed E-state index contributed by atoms with van der Waals surface area (Å²) in [6.45, 7) is 0. The Kier molecular flexibility index (Phi) is 5.03. The predicted molar refractivity (Wildman–Crippen MR) is 73.1 cm³/mol. The quantitative estimate of drug-likeness (QED) is 0.597. The molecule has 128 valence electrons. The topological polar surface area (TPSA) is 35.5 Å². The first-order valence-electron chi connectivity index (χ1n) is 6.23. The Bertz CT molecular complexity index is 680. The highest BCUT2D eigenvalue weighted by atomic mass is 31.1. The average Bonchev–Trinajstić information content (AvgIpc) is 2.44. The second-order valence-corrected chi connectivity index (χ2v) is 5.88. The largest absolute Gasteiger partial charge is 0.573 e. The molecule has 0 amide bonds. The van der Waals surface area contributed by atoms with Crippen molar-refractivity contribution in [3.63, 3.8) is 0 Å². The lowest BCUT2D eigenvalue weighted by Crippen LogP contribution is -2.23. The van der Waals surface area contributed by atoms with Gasteiger partial charge in [0.05, 0.1) is 0 Å². The van der Waals surface area contributed by atoms with E-state index >= 15 is 0 Å². The number of para-hydroxylation sites is 2. The van der Waals surface area contributed by atoms with Gasteiger partial charge in [0, 0.05) is 0 Å². The fraction of sp³-hybridized carbons (Fsp3) is 0.143. The first-order valence-corrected chi connectivity index (χ1v) is 7.49. The van der Waals surface area contributed by atoms with E-state index in [4.69, 9.17) is 0 Å². The van der Waals surface area contributed by atoms with Crippen molar-refractivity contribution in [1.29, 1.82) is 0 Å². The Hall–Kier alpha value is -2.28. The molecular weight excluding hydrogens is 361 g/mol. The maximum atomic E-state index is 12.5. The molecule has 0 saturated carbocycles. The number of rotatable bonds is 4. The highest BCUT2D eigenvalue weighted by Gasteiger charge is 2.40. The molecular formula is C14H8F6O3P+. The molecule has 0 bridgehead atoms. The first-order chi connectivity index (χ1) is 11.1. The summed E-state index contributed by atoms with van der Waals surface area (Å²) in [4.78, 5) is 0. The van der Waals surface area contributed by atoms with E-state index in [-0.39, 0.29) is 0 Å². The molecule has 0 atom stereocenters. The lowest BCUT2D eigenvalue weighted by molar-refractivity contribution is -0.275. The molecule has 24 heavy (non-hydrogen) atoms. The zero-order chi connectivity index (χ0) is 18.0. The van der Waals surface area contributed by atoms with Crippen molar-refractivity contribution in [2.24, 2.45) is 0 Å². The summed E-state index contributed by atoms with van der Waals surface area (Å²) in [5.74, 6) is -1.51. The summed E-state index contributed by atoms with van der Waals surface area (Å²) in [5, 5.41) is -0.800. The average molecular weight is 369 g/mol. The van der Waals surface area contributed by atoms with Crippen LogP contribution in [-0.2, 0) is 4.57 Å². The van der Waals surface area contributed by atoms with Crippen molar-refractivity contribution < 1.29 is 40.4 Å². The van der Waals surface area contributed by atoms with Gasteiger partial charge in [-0.05, 0) is 24.3 Å². The van der Waals surface area contributed by atoms with E-state index in [1.165, 1.54) is 24.3 Å². The van der Waals surface area contributed by atoms with Crippen LogP contribution in [0.1, 0.15) is 0 Å². The van der Waals surface area contributed by atoms with Crippen LogP contribution in [0.3, 0.4) is 0 Å². The SMILES string of the molecule is O=[P+](c1ccccc1OC(F)(F)F)c1ccccc1OC(F)(F)F. The summed E-state index contributed by atoms with van der Waals surface area (Å²) in [5.41, 5.74) is 0. The standard InChI is InChI=1S/C14H8F6O3P/c15-13(16,17)22-9-5-1-3-7-11(9)24(21)12-8-4-2-6-10(12)23-14(18,19)20/h1-8H/q+1. The molecule has 2 aromatic rings. The van der Waals surface area contributed by atoms with E-state index in [2.05, 4.69) is 9.47 Å². The van der Waals surface area contributed by atoms with Gasteiger partial charge in [0.25, 0.3) is 0 Å². The van der Waals surface area contributed by atoms with Crippen LogP contribution in [0.25, 0.3) is 0 Å². The molecule has 0 heterocycles. The van der Waals surface area contributed by atoms with Crippen LogP contribution in [0.2, 0.25) is 0 Å². The third-order valence-electron chi connectivity index (χ3n) is 2.62. The highest BCUT2D eigenvalue weighted by molar-refractivity contribution is 7.62. The zero-order valence-electron chi connectivity index (χ0n) is 11.6. The molecule has 2 aromatic carbocycles. The summed E-state index contributed by atoms with van der Waals surface area (Å²) < 4.78 is 94.4. The fourth-order valence-corrected chi connectivity index (χ4v) is 3.14. The highest BCUT2D eigenvalue weighted by Crippen LogP contribution is 2.33. The van der Waals surface area contributed by atoms with Gasteiger partial charge < -0.3 is 9.47 Å². The van der Waals surface area contributed by atoms with E-state index in [1.807, 2.05) is 0 Å². The Balaban J connectivity index is 2.44. The van der Waals surface area contributed by atoms with Crippen molar-refractivity contribution in [3.05, 3.63) is 48.5 Å². The number of alkyl halides is 6. The molecule has 0 aliphatic heterocycles. The van der Waals surface area contributed by atoms with E-state index in [0.717, 1.165) is 24.3 Å². The monoisotopic (exact) mass is 369 g/mol. The minimum Gasteiger partial charge on any atom is -0.401 e. The fourth-order valence-electron chi connectivity index (χ4n) is 1.80. The Morgan fingerprint density at radius 3 is 1.33 bits per heavy atom. The smallest absolute Gasteiger partial charge is 0.401 e. The molecule has 0 saturated heterocycles. The molecule has 0 fully saturated rings. The molecule has 0 spiro atoms. The zero-order valence-corrected chi connectivity index (χ0v) is 12.5. The van der Waals surface area contributed by atoms with Gasteiger partial charge in [-0.15, -0.1) is 26.3 Å². The minimum absolute atomic E-state index is 0.400. The van der Waals surface area contributed by atoms with Crippen LogP contribution >= 0.6 is 7.80 Å². The van der Waals surface area contributed by atoms with Gasteiger partial charge in [-0.3, -0.25) is 0 Å². The van der Waals surface area contributed by atoms with Crippen LogP contribution in [0.5, 0.6) is 11.5 Å². The van der Waals surface area contributed by atoms with Crippen molar-refractivity contribution in [2.75, 3.05) is 0 Å². The Labute approximate surface area is 132 Å². The van der Waals surface area contributed by atoms with E-state index in [9.17, 15) is 30.9 Å². The van der Waals surface area contributed by atoms with Crippen LogP contribution in [0.15, 0.2) is 48.5 Å². The lowest BCUT2D eigenvalue weighted by atomic mass is 10.3. The van der Waals surface area contributed by atoms with Crippen LogP contribution in [-0.4, -0.2) is 12.7 Å². The molecule has 3 nitrogen and oxygen atoms in total. The van der Waals surface area contributed by atoms with Crippen molar-refractivity contribution >= 4 is 18.4 Å². The van der Waals surface area contributed by atoms with Gasteiger partial charge in [0.15, 0.2) is 11.5 Å². The van der Waals surface area contributed by atoms with Crippen molar-refractivity contribution in [1.82, 2.24) is 0 Å². The molecule has 0 aromatic heterocycles. The number of ether oxygens (including phenoxy) is 2. The van der Waals surface area contributed by atoms with Crippen molar-refractivity contribution in [3.8, 4) is 11.5 Å². The summed E-state index contributed by atoms with van der Waals surface area (Å²) in [6.07, 6.45) is -10.1. The van der Waals surface area contributed by atoms with Crippen LogP contribution < -0.4 is 20.1 Å². The third-order valence-corrected chi connectivity index (χ3v) is 4.23. The predicted octanol–water partition coefficient (Wildman–Crippen LogP) is 4.26. The Morgan fingerprint density at radius 2 is 1.00 bits per heavy atom. The molecule has 0 radical (unpaired) electrons. The molecule has 0 aliphatic carbocycles. The van der Waals surface area contributed by atoms with Gasteiger partial charge in [-0.1, -0.05) is 28.8 Å². The minimum atomic E-state index is -5.03. The molecule has 0 unspecified atom stereocenters. The Morgan fingerprint density at radius 1 is 0.667 bits per heavy atom. The van der Waals surface area contributed by atoms with Gasteiger partial charge in [0.1, 0.15) is 0 Å². The van der Waals surface area contributed by atoms with E-state index < -0.39 is 42.6 Å². The number of benzene rings is 2. The van der Waals surface area contributed by atoms with Crippen LogP contribution in [0, 0.1) is 0 Å². The summed E-state index contributed by atoms with van der Waals surface area (Å²) in [7, 11) is -2.82. The molecule has 10 heteroatoms. The summed E-state index contributed by atoms with van der Waals surface area (Å²) in [6, 6.07) is 9.00. The van der Waals surface area contributed by atoms with Gasteiger partial charge in [-0.2, -0.15) is 0 Å². The van der Waals surface area contributed by atoms with E-state index in [1.54, 1.807) is 0 Å². The number of hydrogen-bond donors (Lipinski definition) is 0. The number of halogens is 6. The molecule has 2 rings (SSSR count). The maximum absolute atomic E-state index is 12.5. The second-order valence-electron chi connectivity index (χ2n) is 4.33. The number of hydrogen-bond acceptors (Lipinski definition) is 3. The molecule has 0 N–H and O–H groups in total. The normalized spacial score (nSPS) is 11.9. The first kappa shape index (κ1) is 18.1. The maximum Gasteiger partial charge on any atom is 0.573 e. The second kappa shape index (κ2) is 6.68. The van der Waals surface area contributed by atoms with Crippen LogP contribution in [0.4, 0.5) is 26.3 Å². The van der Waals surface area contributed by atoms with E-state index in [0.29, 0.717) is 0 Å². The lowest BCUT2D eigenvalue weighted by Gasteiger charge is -2.10.